The van der Waals surface area contributed by atoms with Crippen molar-refractivity contribution < 1.29 is 0 Å². The summed E-state index contributed by atoms with van der Waals surface area (Å²) in [4.78, 5) is 0. The molecule has 76 valence electrons. The van der Waals surface area contributed by atoms with Crippen LogP contribution >= 0.6 is 0 Å². The van der Waals surface area contributed by atoms with Crippen LogP contribution in [0.25, 0.3) is 0 Å². The van der Waals surface area contributed by atoms with Gasteiger partial charge in [-0.3, -0.25) is 0 Å². The molecule has 0 amide bonds. The molecule has 0 spiro atoms. The molecule has 0 atom stereocenters. The van der Waals surface area contributed by atoms with Gasteiger partial charge >= 0.3 is 96.3 Å². The van der Waals surface area contributed by atoms with Gasteiger partial charge in [-0.2, -0.15) is 0 Å². The second kappa shape index (κ2) is 4.52. The molecule has 2 aromatic carbocycles. The minimum absolute atomic E-state index is 0.318. The molecule has 0 aromatic heterocycles. The number of para-hydroxylation sites is 1. The van der Waals surface area contributed by atoms with Crippen molar-refractivity contribution in [3.8, 4) is 0 Å². The van der Waals surface area contributed by atoms with Crippen molar-refractivity contribution in [3.63, 3.8) is 0 Å². The summed E-state index contributed by atoms with van der Waals surface area (Å²) in [5, 5.41) is 0. The average Bonchev–Trinajstić information content (AvgIpc) is 2.25. The van der Waals surface area contributed by atoms with Crippen LogP contribution in [-0.2, 0) is 0 Å². The predicted octanol–water partition coefficient (Wildman–Crippen LogP) is 1.23. The summed E-state index contributed by atoms with van der Waals surface area (Å²) < 4.78 is 2.62. The molecule has 0 bridgehead atoms. The summed E-state index contributed by atoms with van der Waals surface area (Å²) in [6.07, 6.45) is 0. The molecule has 0 unspecified atom stereocenters. The Hall–Kier alpha value is -1.24. The van der Waals surface area contributed by atoms with E-state index in [4.69, 9.17) is 5.73 Å². The molecule has 0 fully saturated rings. The first kappa shape index (κ1) is 10.3. The van der Waals surface area contributed by atoms with Gasteiger partial charge < -0.3 is 0 Å². The summed E-state index contributed by atoms with van der Waals surface area (Å²) >= 11 is 0.318. The van der Waals surface area contributed by atoms with Gasteiger partial charge in [-0.05, 0) is 0 Å². The van der Waals surface area contributed by atoms with Gasteiger partial charge in [0.25, 0.3) is 0 Å². The van der Waals surface area contributed by atoms with Crippen LogP contribution < -0.4 is 14.7 Å². The summed E-state index contributed by atoms with van der Waals surface area (Å²) in [6.45, 7) is 2.10. The van der Waals surface area contributed by atoms with Crippen molar-refractivity contribution >= 4 is 29.6 Å². The normalized spacial score (nSPS) is 10.2. The van der Waals surface area contributed by atoms with Crippen molar-refractivity contribution in [3.05, 3.63) is 54.1 Å². The number of hydrogen-bond donors (Lipinski definition) is 1. The van der Waals surface area contributed by atoms with Crippen LogP contribution in [0.5, 0.6) is 0 Å². The standard InChI is InChI=1S/C13H13NSe/c1-10-6-8-11(9-7-10)15-13-5-3-2-4-12(13)14/h2-9H,14H2,1H3. The topological polar surface area (TPSA) is 26.0 Å². The van der Waals surface area contributed by atoms with Crippen LogP contribution in [0, 0.1) is 6.92 Å². The molecule has 0 saturated heterocycles. The number of hydrogen-bond acceptors (Lipinski definition) is 1. The maximum absolute atomic E-state index is 5.91. The fourth-order valence-corrected chi connectivity index (χ4v) is 3.11. The van der Waals surface area contributed by atoms with Gasteiger partial charge in [0.2, 0.25) is 0 Å². The van der Waals surface area contributed by atoms with Crippen molar-refractivity contribution in [2.75, 3.05) is 5.73 Å². The van der Waals surface area contributed by atoms with Gasteiger partial charge in [-0.15, -0.1) is 0 Å². The van der Waals surface area contributed by atoms with E-state index in [0.717, 1.165) is 5.69 Å². The van der Waals surface area contributed by atoms with Gasteiger partial charge in [-0.1, -0.05) is 0 Å². The second-order valence-corrected chi connectivity index (χ2v) is 5.79. The SMILES string of the molecule is Cc1ccc([Se]c2ccccc2N)cc1. The van der Waals surface area contributed by atoms with Crippen molar-refractivity contribution in [1.82, 2.24) is 0 Å². The molecule has 0 saturated carbocycles. The number of aryl methyl sites for hydroxylation is 1. The minimum atomic E-state index is 0.318. The van der Waals surface area contributed by atoms with Gasteiger partial charge in [0.15, 0.2) is 0 Å². The Morgan fingerprint density at radius 1 is 0.933 bits per heavy atom. The van der Waals surface area contributed by atoms with E-state index in [-0.39, 0.29) is 0 Å². The molecule has 2 N–H and O–H groups in total. The third-order valence-corrected chi connectivity index (χ3v) is 4.47. The van der Waals surface area contributed by atoms with Crippen LogP contribution in [0.15, 0.2) is 48.5 Å². The fourth-order valence-electron chi connectivity index (χ4n) is 1.31. The van der Waals surface area contributed by atoms with E-state index < -0.39 is 0 Å². The van der Waals surface area contributed by atoms with Gasteiger partial charge in [-0.25, -0.2) is 0 Å². The molecule has 1 nitrogen and oxygen atoms in total. The Morgan fingerprint density at radius 2 is 1.60 bits per heavy atom. The monoisotopic (exact) mass is 263 g/mol. The summed E-state index contributed by atoms with van der Waals surface area (Å²) in [5.74, 6) is 0. The van der Waals surface area contributed by atoms with Crippen LogP contribution in [0.3, 0.4) is 0 Å². The first-order chi connectivity index (χ1) is 7.25. The molecular formula is C13H13NSe. The Kier molecular flexibility index (Phi) is 3.10. The molecule has 0 aliphatic rings. The molecule has 0 aliphatic carbocycles. The zero-order valence-corrected chi connectivity index (χ0v) is 10.3. The van der Waals surface area contributed by atoms with E-state index in [0.29, 0.717) is 15.0 Å². The molecule has 0 aliphatic heterocycles. The average molecular weight is 262 g/mol. The van der Waals surface area contributed by atoms with E-state index in [9.17, 15) is 0 Å². The Balaban J connectivity index is 2.22. The number of anilines is 1. The van der Waals surface area contributed by atoms with E-state index >= 15 is 0 Å². The summed E-state index contributed by atoms with van der Waals surface area (Å²) in [6, 6.07) is 16.8. The van der Waals surface area contributed by atoms with Crippen LogP contribution in [0.4, 0.5) is 5.69 Å². The van der Waals surface area contributed by atoms with Crippen molar-refractivity contribution in [1.29, 1.82) is 0 Å². The Bertz CT molecular complexity index is 448. The van der Waals surface area contributed by atoms with E-state index in [1.54, 1.807) is 0 Å². The van der Waals surface area contributed by atoms with Gasteiger partial charge in [0.05, 0.1) is 0 Å². The molecular weight excluding hydrogens is 249 g/mol. The number of nitrogens with two attached hydrogens (primary N) is 1. The first-order valence-corrected chi connectivity index (χ1v) is 6.56. The Morgan fingerprint density at radius 3 is 2.27 bits per heavy atom. The van der Waals surface area contributed by atoms with E-state index in [1.807, 2.05) is 18.2 Å². The van der Waals surface area contributed by atoms with Crippen molar-refractivity contribution in [2.24, 2.45) is 0 Å². The predicted molar refractivity (Wildman–Crippen MR) is 67.1 cm³/mol. The number of benzene rings is 2. The van der Waals surface area contributed by atoms with E-state index in [2.05, 4.69) is 37.3 Å². The van der Waals surface area contributed by atoms with Crippen LogP contribution in [0.1, 0.15) is 5.56 Å². The number of rotatable bonds is 2. The van der Waals surface area contributed by atoms with Crippen molar-refractivity contribution in [2.45, 2.75) is 6.92 Å². The molecule has 2 rings (SSSR count). The Labute approximate surface area is 96.5 Å². The molecule has 0 heterocycles. The van der Waals surface area contributed by atoms with Gasteiger partial charge in [0, 0.05) is 0 Å². The first-order valence-electron chi connectivity index (χ1n) is 4.85. The quantitative estimate of drug-likeness (QED) is 0.639. The van der Waals surface area contributed by atoms with Gasteiger partial charge in [0.1, 0.15) is 0 Å². The molecule has 2 heteroatoms. The summed E-state index contributed by atoms with van der Waals surface area (Å²) in [7, 11) is 0. The number of nitrogen functional groups attached to an aromatic ring is 1. The third kappa shape index (κ3) is 2.62. The second-order valence-electron chi connectivity index (χ2n) is 3.45. The third-order valence-electron chi connectivity index (χ3n) is 2.17. The van der Waals surface area contributed by atoms with Crippen LogP contribution in [0.2, 0.25) is 0 Å². The zero-order valence-electron chi connectivity index (χ0n) is 8.60. The maximum atomic E-state index is 5.91. The zero-order chi connectivity index (χ0) is 10.7. The molecule has 2 aromatic rings. The van der Waals surface area contributed by atoms with Crippen LogP contribution in [-0.4, -0.2) is 15.0 Å². The molecule has 0 radical (unpaired) electrons. The summed E-state index contributed by atoms with van der Waals surface area (Å²) in [5.41, 5.74) is 8.12. The van der Waals surface area contributed by atoms with E-state index in [1.165, 1.54) is 14.5 Å². The fraction of sp³-hybridized carbons (Fsp3) is 0.0769. The molecule has 15 heavy (non-hydrogen) atoms.